The predicted molar refractivity (Wildman–Crippen MR) is 131 cm³/mol. The second-order valence-electron chi connectivity index (χ2n) is 7.21. The lowest BCUT2D eigenvalue weighted by Crippen LogP contribution is -2.16. The number of halogens is 1. The van der Waals surface area contributed by atoms with Crippen LogP contribution in [0.4, 0.5) is 16.2 Å². The summed E-state index contributed by atoms with van der Waals surface area (Å²) in [4.78, 5) is 35.8. The van der Waals surface area contributed by atoms with Crippen molar-refractivity contribution < 1.29 is 24.2 Å². The molecule has 0 saturated carbocycles. The summed E-state index contributed by atoms with van der Waals surface area (Å²) in [6.07, 6.45) is 1.70. The van der Waals surface area contributed by atoms with Crippen molar-refractivity contribution in [1.82, 2.24) is 0 Å². The molecule has 0 aliphatic carbocycles. The number of anilines is 2. The van der Waals surface area contributed by atoms with Gasteiger partial charge >= 0.3 is 12.1 Å². The lowest BCUT2D eigenvalue weighted by Gasteiger charge is -2.11. The van der Waals surface area contributed by atoms with Crippen LogP contribution >= 0.6 is 11.6 Å². The number of carboxylic acid groups (broad SMARTS) is 1. The van der Waals surface area contributed by atoms with Crippen molar-refractivity contribution >= 4 is 47.0 Å². The highest BCUT2D eigenvalue weighted by Crippen LogP contribution is 2.22. The van der Waals surface area contributed by atoms with Crippen molar-refractivity contribution in [1.29, 1.82) is 0 Å². The molecule has 0 radical (unpaired) electrons. The Morgan fingerprint density at radius 1 is 0.941 bits per heavy atom. The Kier molecular flexibility index (Phi) is 8.39. The first kappa shape index (κ1) is 24.5. The van der Waals surface area contributed by atoms with Crippen molar-refractivity contribution in [2.45, 2.75) is 13.2 Å². The van der Waals surface area contributed by atoms with Gasteiger partial charge in [-0.05, 0) is 53.1 Å². The van der Waals surface area contributed by atoms with Gasteiger partial charge in [0.05, 0.1) is 0 Å². The van der Waals surface area contributed by atoms with Crippen molar-refractivity contribution in [3.05, 3.63) is 100 Å². The number of carboxylic acids is 1. The maximum Gasteiger partial charge on any atom is 0.411 e. The van der Waals surface area contributed by atoms with E-state index in [4.69, 9.17) is 27.2 Å². The van der Waals surface area contributed by atoms with Gasteiger partial charge in [0.1, 0.15) is 6.61 Å². The Bertz CT molecular complexity index is 1230. The summed E-state index contributed by atoms with van der Waals surface area (Å²) in [5.74, 6) is -1.57. The number of hydrogen-bond acceptors (Lipinski definition) is 5. The molecule has 9 heteroatoms. The van der Waals surface area contributed by atoms with Crippen LogP contribution < -0.4 is 16.4 Å². The minimum absolute atomic E-state index is 0.0940. The molecule has 0 heterocycles. The van der Waals surface area contributed by atoms with Gasteiger partial charge in [-0.15, -0.1) is 0 Å². The van der Waals surface area contributed by atoms with E-state index in [1.165, 1.54) is 24.3 Å². The summed E-state index contributed by atoms with van der Waals surface area (Å²) in [7, 11) is 0. The standard InChI is InChI=1S/C25H22ClN3O5/c26-20-11-19(12-22(13-20)29-25(33)34-15-16-4-2-1-3-5-16)24(32)28-21-9-17(6-7-23(30)31)8-18(10-21)14-27/h1-13H,14-15,27H2,(H,28,32)(H,29,33)(H,30,31)/b7-6+. The van der Waals surface area contributed by atoms with E-state index in [1.807, 2.05) is 30.3 Å². The van der Waals surface area contributed by atoms with Gasteiger partial charge in [0.25, 0.3) is 5.91 Å². The molecule has 0 aliphatic rings. The molecule has 3 aromatic carbocycles. The zero-order valence-corrected chi connectivity index (χ0v) is 18.7. The summed E-state index contributed by atoms with van der Waals surface area (Å²) in [6.45, 7) is 0.296. The molecule has 0 aromatic heterocycles. The lowest BCUT2D eigenvalue weighted by atomic mass is 10.1. The maximum atomic E-state index is 12.8. The molecule has 0 fully saturated rings. The van der Waals surface area contributed by atoms with E-state index in [-0.39, 0.29) is 29.4 Å². The van der Waals surface area contributed by atoms with Gasteiger partial charge in [-0.2, -0.15) is 0 Å². The summed E-state index contributed by atoms with van der Waals surface area (Å²) in [6, 6.07) is 18.6. The van der Waals surface area contributed by atoms with Gasteiger partial charge in [-0.1, -0.05) is 48.0 Å². The highest BCUT2D eigenvalue weighted by molar-refractivity contribution is 6.31. The topological polar surface area (TPSA) is 131 Å². The van der Waals surface area contributed by atoms with Crippen LogP contribution in [0.2, 0.25) is 5.02 Å². The third-order valence-electron chi connectivity index (χ3n) is 4.55. The normalized spacial score (nSPS) is 10.6. The first-order valence-electron chi connectivity index (χ1n) is 10.2. The van der Waals surface area contributed by atoms with Crippen LogP contribution in [0.15, 0.2) is 72.8 Å². The van der Waals surface area contributed by atoms with Crippen LogP contribution in [0, 0.1) is 0 Å². The second kappa shape index (κ2) is 11.6. The van der Waals surface area contributed by atoms with Crippen LogP contribution in [-0.2, 0) is 22.7 Å². The summed E-state index contributed by atoms with van der Waals surface area (Å²) >= 11 is 6.14. The van der Waals surface area contributed by atoms with Gasteiger partial charge in [-0.25, -0.2) is 9.59 Å². The lowest BCUT2D eigenvalue weighted by molar-refractivity contribution is -0.131. The number of amides is 2. The molecule has 2 amide bonds. The van der Waals surface area contributed by atoms with E-state index in [2.05, 4.69) is 10.6 Å². The molecule has 0 bridgehead atoms. The first-order chi connectivity index (χ1) is 16.3. The Hall–Kier alpha value is -4.14. The number of hydrogen-bond donors (Lipinski definition) is 4. The minimum Gasteiger partial charge on any atom is -0.478 e. The second-order valence-corrected chi connectivity index (χ2v) is 7.64. The fourth-order valence-electron chi connectivity index (χ4n) is 3.05. The molecule has 3 rings (SSSR count). The molecule has 5 N–H and O–H groups in total. The van der Waals surface area contributed by atoms with E-state index in [1.54, 1.807) is 18.2 Å². The number of nitrogens with one attached hydrogen (secondary N) is 2. The summed E-state index contributed by atoms with van der Waals surface area (Å²) in [5.41, 5.74) is 8.73. The van der Waals surface area contributed by atoms with Crippen LogP contribution in [0.25, 0.3) is 6.08 Å². The Labute approximate surface area is 201 Å². The largest absolute Gasteiger partial charge is 0.478 e. The fourth-order valence-corrected chi connectivity index (χ4v) is 3.28. The highest BCUT2D eigenvalue weighted by Gasteiger charge is 2.12. The quantitative estimate of drug-likeness (QED) is 0.340. The van der Waals surface area contributed by atoms with E-state index < -0.39 is 18.0 Å². The van der Waals surface area contributed by atoms with Crippen LogP contribution in [-0.4, -0.2) is 23.1 Å². The van der Waals surface area contributed by atoms with Gasteiger partial charge in [0, 0.05) is 34.6 Å². The maximum absolute atomic E-state index is 12.8. The molecule has 0 aliphatic heterocycles. The van der Waals surface area contributed by atoms with Crippen molar-refractivity contribution in [2.24, 2.45) is 5.73 Å². The number of ether oxygens (including phenoxy) is 1. The first-order valence-corrected chi connectivity index (χ1v) is 10.5. The molecule has 0 saturated heterocycles. The van der Waals surface area contributed by atoms with E-state index in [0.29, 0.717) is 16.8 Å². The predicted octanol–water partition coefficient (Wildman–Crippen LogP) is 4.90. The van der Waals surface area contributed by atoms with Gasteiger partial charge in [-0.3, -0.25) is 10.1 Å². The number of rotatable bonds is 8. The fraction of sp³-hybridized carbons (Fsp3) is 0.0800. The third kappa shape index (κ3) is 7.47. The van der Waals surface area contributed by atoms with Crippen LogP contribution in [0.1, 0.15) is 27.0 Å². The average molecular weight is 480 g/mol. The van der Waals surface area contributed by atoms with Crippen LogP contribution in [0.5, 0.6) is 0 Å². The monoisotopic (exact) mass is 479 g/mol. The van der Waals surface area contributed by atoms with Crippen molar-refractivity contribution in [3.63, 3.8) is 0 Å². The number of carbonyl (C=O) groups is 3. The summed E-state index contributed by atoms with van der Waals surface area (Å²) < 4.78 is 5.19. The average Bonchev–Trinajstić information content (AvgIpc) is 2.81. The Balaban J connectivity index is 1.71. The third-order valence-corrected chi connectivity index (χ3v) is 4.76. The van der Waals surface area contributed by atoms with Crippen LogP contribution in [0.3, 0.4) is 0 Å². The molecular weight excluding hydrogens is 458 g/mol. The molecule has 174 valence electrons. The molecular formula is C25H22ClN3O5. The zero-order chi connectivity index (χ0) is 24.5. The molecule has 34 heavy (non-hydrogen) atoms. The molecule has 3 aromatic rings. The number of benzene rings is 3. The van der Waals surface area contributed by atoms with Crippen molar-refractivity contribution in [3.8, 4) is 0 Å². The number of carbonyl (C=O) groups excluding carboxylic acids is 2. The molecule has 8 nitrogen and oxygen atoms in total. The molecule has 0 unspecified atom stereocenters. The smallest absolute Gasteiger partial charge is 0.411 e. The number of nitrogens with two attached hydrogens (primary N) is 1. The van der Waals surface area contributed by atoms with E-state index in [0.717, 1.165) is 11.6 Å². The SMILES string of the molecule is NCc1cc(/C=C/C(=O)O)cc(NC(=O)c2cc(Cl)cc(NC(=O)OCc3ccccc3)c2)c1. The molecule has 0 spiro atoms. The summed E-state index contributed by atoms with van der Waals surface area (Å²) in [5, 5.41) is 14.4. The molecule has 0 atom stereocenters. The minimum atomic E-state index is -1.09. The number of aliphatic carboxylic acids is 1. The van der Waals surface area contributed by atoms with Crippen molar-refractivity contribution in [2.75, 3.05) is 10.6 Å². The van der Waals surface area contributed by atoms with Gasteiger partial charge in [0.2, 0.25) is 0 Å². The zero-order valence-electron chi connectivity index (χ0n) is 18.0. The van der Waals surface area contributed by atoms with E-state index in [9.17, 15) is 14.4 Å². The Morgan fingerprint density at radius 3 is 2.38 bits per heavy atom. The Morgan fingerprint density at radius 2 is 1.68 bits per heavy atom. The highest BCUT2D eigenvalue weighted by atomic mass is 35.5. The van der Waals surface area contributed by atoms with Gasteiger partial charge < -0.3 is 20.9 Å². The van der Waals surface area contributed by atoms with Gasteiger partial charge in [0.15, 0.2) is 0 Å². The van der Waals surface area contributed by atoms with E-state index >= 15 is 0 Å².